The van der Waals surface area contributed by atoms with Gasteiger partial charge < -0.3 is 4.74 Å². The molecule has 4 nitrogen and oxygen atoms in total. The average molecular weight is 646 g/mol. The summed E-state index contributed by atoms with van der Waals surface area (Å²) in [5, 5.41) is 0.472. The van der Waals surface area contributed by atoms with Crippen molar-refractivity contribution in [2.24, 2.45) is 0 Å². The molecule has 3 aromatic rings. The maximum Gasteiger partial charge on any atom is 0.293 e. The number of nitrogens with zero attached hydrogens (tertiary/aromatic N) is 1. The molecule has 4 rings (SSSR count). The van der Waals surface area contributed by atoms with Gasteiger partial charge >= 0.3 is 0 Å². The van der Waals surface area contributed by atoms with Crippen molar-refractivity contribution < 1.29 is 18.7 Å². The van der Waals surface area contributed by atoms with Gasteiger partial charge in [-0.05, 0) is 91.2 Å². The molecule has 1 aliphatic heterocycles. The number of imide groups is 1. The molecule has 0 unspecified atom stereocenters. The fourth-order valence-electron chi connectivity index (χ4n) is 3.17. The number of thioether (sulfide) groups is 1. The van der Waals surface area contributed by atoms with Crippen molar-refractivity contribution in [1.29, 1.82) is 0 Å². The molecule has 0 atom stereocenters. The van der Waals surface area contributed by atoms with E-state index in [2.05, 4.69) is 31.9 Å². The highest BCUT2D eigenvalue weighted by molar-refractivity contribution is 9.11. The van der Waals surface area contributed by atoms with Crippen LogP contribution in [0.3, 0.4) is 0 Å². The molecule has 10 heteroatoms. The molecule has 1 heterocycles. The Labute approximate surface area is 226 Å². The third-order valence-corrected chi connectivity index (χ3v) is 7.54. The van der Waals surface area contributed by atoms with Crippen molar-refractivity contribution in [1.82, 2.24) is 4.90 Å². The molecule has 1 aliphatic rings. The maximum absolute atomic E-state index is 13.9. The lowest BCUT2D eigenvalue weighted by atomic mass is 10.2. The summed E-state index contributed by atoms with van der Waals surface area (Å²) in [5.41, 5.74) is 1.73. The van der Waals surface area contributed by atoms with E-state index in [0.717, 1.165) is 16.7 Å². The van der Waals surface area contributed by atoms with Crippen molar-refractivity contribution in [2.45, 2.75) is 13.2 Å². The predicted molar refractivity (Wildman–Crippen MR) is 141 cm³/mol. The number of carbonyl (C=O) groups is 2. The van der Waals surface area contributed by atoms with E-state index in [-0.39, 0.29) is 29.1 Å². The van der Waals surface area contributed by atoms with E-state index in [4.69, 9.17) is 27.9 Å². The maximum atomic E-state index is 13.9. The lowest BCUT2D eigenvalue weighted by molar-refractivity contribution is -0.123. The number of halogens is 5. The van der Waals surface area contributed by atoms with Crippen LogP contribution >= 0.6 is 66.8 Å². The lowest BCUT2D eigenvalue weighted by Crippen LogP contribution is -2.27. The lowest BCUT2D eigenvalue weighted by Gasteiger charge is -2.14. The fourth-order valence-corrected chi connectivity index (χ4v) is 5.93. The Kier molecular flexibility index (Phi) is 8.05. The molecule has 1 fully saturated rings. The van der Waals surface area contributed by atoms with Crippen LogP contribution in [0.4, 0.5) is 9.18 Å². The standard InChI is InChI=1S/C24H14Br2Cl2FNO3S/c25-17-7-13(8-18(26)22(17)33-12-15-3-1-2-4-20(15)29)9-21-23(31)30(24(32)34-21)11-14-5-6-16(27)10-19(14)28/h1-10H,11-12H2/b21-9-. The largest absolute Gasteiger partial charge is 0.486 e. The van der Waals surface area contributed by atoms with Gasteiger partial charge in [-0.3, -0.25) is 14.5 Å². The fraction of sp³-hybridized carbons (Fsp3) is 0.0833. The van der Waals surface area contributed by atoms with Gasteiger partial charge in [0.25, 0.3) is 11.1 Å². The van der Waals surface area contributed by atoms with Crippen LogP contribution in [-0.2, 0) is 17.9 Å². The first-order chi connectivity index (χ1) is 16.2. The normalized spacial score (nSPS) is 14.9. The molecule has 174 valence electrons. The number of hydrogen-bond donors (Lipinski definition) is 0. The Morgan fingerprint density at radius 1 is 1.00 bits per heavy atom. The van der Waals surface area contributed by atoms with Crippen LogP contribution in [0.2, 0.25) is 10.0 Å². The Hall–Kier alpha value is -1.84. The molecule has 0 bridgehead atoms. The Balaban J connectivity index is 1.51. The van der Waals surface area contributed by atoms with Gasteiger partial charge in [0.15, 0.2) is 0 Å². The Morgan fingerprint density at radius 3 is 2.38 bits per heavy atom. The second-order valence-electron chi connectivity index (χ2n) is 7.20. The number of ether oxygens (including phenoxy) is 1. The molecule has 2 amide bonds. The van der Waals surface area contributed by atoms with E-state index in [1.54, 1.807) is 54.6 Å². The molecular weight excluding hydrogens is 632 g/mol. The van der Waals surface area contributed by atoms with Gasteiger partial charge in [-0.2, -0.15) is 0 Å². The van der Waals surface area contributed by atoms with Gasteiger partial charge in [0.2, 0.25) is 0 Å². The minimum atomic E-state index is -0.409. The smallest absolute Gasteiger partial charge is 0.293 e. The van der Waals surface area contributed by atoms with Crippen LogP contribution in [-0.4, -0.2) is 16.0 Å². The topological polar surface area (TPSA) is 46.6 Å². The van der Waals surface area contributed by atoms with E-state index >= 15 is 0 Å². The first kappa shape index (κ1) is 25.3. The average Bonchev–Trinajstić information content (AvgIpc) is 3.03. The van der Waals surface area contributed by atoms with Crippen LogP contribution in [0.5, 0.6) is 5.75 Å². The van der Waals surface area contributed by atoms with Gasteiger partial charge in [0.1, 0.15) is 18.2 Å². The summed E-state index contributed by atoms with van der Waals surface area (Å²) >= 11 is 19.9. The second kappa shape index (κ2) is 10.8. The van der Waals surface area contributed by atoms with Gasteiger partial charge in [0, 0.05) is 15.6 Å². The highest BCUT2D eigenvalue weighted by Crippen LogP contribution is 2.39. The zero-order chi connectivity index (χ0) is 24.4. The summed E-state index contributed by atoms with van der Waals surface area (Å²) < 4.78 is 20.9. The zero-order valence-electron chi connectivity index (χ0n) is 17.2. The van der Waals surface area contributed by atoms with Gasteiger partial charge in [-0.15, -0.1) is 0 Å². The van der Waals surface area contributed by atoms with Crippen molar-refractivity contribution >= 4 is 84.0 Å². The number of hydrogen-bond acceptors (Lipinski definition) is 4. The first-order valence-corrected chi connectivity index (χ1v) is 12.9. The minimum absolute atomic E-state index is 0.0498. The zero-order valence-corrected chi connectivity index (χ0v) is 22.7. The minimum Gasteiger partial charge on any atom is -0.486 e. The van der Waals surface area contributed by atoms with Gasteiger partial charge in [-0.25, -0.2) is 4.39 Å². The number of carbonyl (C=O) groups excluding carboxylic acids is 2. The highest BCUT2D eigenvalue weighted by atomic mass is 79.9. The Morgan fingerprint density at radius 2 is 1.71 bits per heavy atom. The molecule has 0 aliphatic carbocycles. The SMILES string of the molecule is O=C1S/C(=C\c2cc(Br)c(OCc3ccccc3F)c(Br)c2)C(=O)N1Cc1ccc(Cl)cc1Cl. The van der Waals surface area contributed by atoms with Crippen molar-refractivity contribution in [3.63, 3.8) is 0 Å². The van der Waals surface area contributed by atoms with Crippen molar-refractivity contribution in [2.75, 3.05) is 0 Å². The highest BCUT2D eigenvalue weighted by Gasteiger charge is 2.35. The number of benzene rings is 3. The summed E-state index contributed by atoms with van der Waals surface area (Å²) in [7, 11) is 0. The van der Waals surface area contributed by atoms with Crippen molar-refractivity contribution in [3.8, 4) is 5.75 Å². The third-order valence-electron chi connectivity index (χ3n) is 4.87. The van der Waals surface area contributed by atoms with E-state index in [1.807, 2.05) is 0 Å². The quantitative estimate of drug-likeness (QED) is 0.252. The molecule has 0 N–H and O–H groups in total. The third kappa shape index (κ3) is 5.69. The molecule has 0 spiro atoms. The van der Waals surface area contributed by atoms with Crippen LogP contribution < -0.4 is 4.74 Å². The van der Waals surface area contributed by atoms with Crippen LogP contribution in [0, 0.1) is 5.82 Å². The number of amides is 2. The van der Waals surface area contributed by atoms with E-state index in [1.165, 1.54) is 6.07 Å². The number of rotatable bonds is 6. The summed E-state index contributed by atoms with van der Waals surface area (Å²) in [4.78, 5) is 26.8. The van der Waals surface area contributed by atoms with Crippen LogP contribution in [0.1, 0.15) is 16.7 Å². The van der Waals surface area contributed by atoms with E-state index in [0.29, 0.717) is 41.4 Å². The van der Waals surface area contributed by atoms with Gasteiger partial charge in [0.05, 0.1) is 20.4 Å². The molecule has 1 saturated heterocycles. The molecular formula is C24H14Br2Cl2FNO3S. The van der Waals surface area contributed by atoms with Crippen LogP contribution in [0.25, 0.3) is 6.08 Å². The predicted octanol–water partition coefficient (Wildman–Crippen LogP) is 8.47. The summed E-state index contributed by atoms with van der Waals surface area (Å²) in [6, 6.07) is 14.8. The molecule has 0 aromatic heterocycles. The molecule has 3 aromatic carbocycles. The Bertz CT molecular complexity index is 1310. The first-order valence-electron chi connectivity index (χ1n) is 9.77. The monoisotopic (exact) mass is 643 g/mol. The molecule has 34 heavy (non-hydrogen) atoms. The van der Waals surface area contributed by atoms with E-state index < -0.39 is 5.91 Å². The van der Waals surface area contributed by atoms with Crippen LogP contribution in [0.15, 0.2) is 68.4 Å². The van der Waals surface area contributed by atoms with E-state index in [9.17, 15) is 14.0 Å². The van der Waals surface area contributed by atoms with Crippen molar-refractivity contribution in [3.05, 3.63) is 101 Å². The second-order valence-corrected chi connectivity index (χ2v) is 10.7. The molecule has 0 radical (unpaired) electrons. The summed E-state index contributed by atoms with van der Waals surface area (Å²) in [6.45, 7) is 0.101. The summed E-state index contributed by atoms with van der Waals surface area (Å²) in [6.07, 6.45) is 1.63. The van der Waals surface area contributed by atoms with Gasteiger partial charge in [-0.1, -0.05) is 47.5 Å². The summed E-state index contributed by atoms with van der Waals surface area (Å²) in [5.74, 6) is -0.263. The molecule has 0 saturated carbocycles.